The van der Waals surface area contributed by atoms with Crippen LogP contribution in [0.5, 0.6) is 0 Å². The van der Waals surface area contributed by atoms with Gasteiger partial charge < -0.3 is 14.5 Å². The second-order valence-corrected chi connectivity index (χ2v) is 15.7. The average molecular weight is 680 g/mol. The Hall–Kier alpha value is -1.10. The number of hydrogen-bond donors (Lipinski definition) is 1. The summed E-state index contributed by atoms with van der Waals surface area (Å²) in [6, 6.07) is 0. The van der Waals surface area contributed by atoms with E-state index in [1.54, 1.807) is 0 Å². The molecule has 0 spiro atoms. The van der Waals surface area contributed by atoms with Gasteiger partial charge in [-0.3, -0.25) is 4.79 Å². The van der Waals surface area contributed by atoms with Gasteiger partial charge in [0.2, 0.25) is 5.91 Å². The van der Waals surface area contributed by atoms with Gasteiger partial charge >= 0.3 is 5.97 Å². The number of carbonyl (C=O) groups excluding carboxylic acids is 2. The fourth-order valence-electron chi connectivity index (χ4n) is 6.79. The van der Waals surface area contributed by atoms with Crippen LogP contribution in [-0.2, 0) is 14.3 Å². The lowest BCUT2D eigenvalue weighted by Crippen LogP contribution is -2.46. The first-order chi connectivity index (χ1) is 23.4. The molecule has 5 nitrogen and oxygen atoms in total. The molecule has 0 unspecified atom stereocenters. The van der Waals surface area contributed by atoms with Crippen LogP contribution in [0.1, 0.15) is 226 Å². The SMILES string of the molecule is CCCCCCCCCCCCCCCCCCOC(=O)C[N+](C)(C)CCCNC(=O)CCCCCCCCCCCCCCCCC. The molecule has 0 radical (unpaired) electrons. The van der Waals surface area contributed by atoms with Crippen LogP contribution in [-0.4, -0.2) is 56.7 Å². The summed E-state index contributed by atoms with van der Waals surface area (Å²) < 4.78 is 6.14. The van der Waals surface area contributed by atoms with Gasteiger partial charge in [0, 0.05) is 19.4 Å². The molecule has 0 aliphatic carbocycles. The van der Waals surface area contributed by atoms with E-state index in [2.05, 4.69) is 33.3 Å². The number of nitrogens with zero attached hydrogens (tertiary/aromatic N) is 1. The third kappa shape index (κ3) is 37.7. The highest BCUT2D eigenvalue weighted by Crippen LogP contribution is 2.15. The lowest BCUT2D eigenvalue weighted by molar-refractivity contribution is -0.883. The summed E-state index contributed by atoms with van der Waals surface area (Å²) in [7, 11) is 4.15. The summed E-state index contributed by atoms with van der Waals surface area (Å²) in [5.74, 6) is 0.0753. The van der Waals surface area contributed by atoms with Crippen molar-refractivity contribution in [3.63, 3.8) is 0 Å². The van der Waals surface area contributed by atoms with Gasteiger partial charge in [0.05, 0.1) is 27.2 Å². The molecule has 0 heterocycles. The van der Waals surface area contributed by atoms with E-state index in [9.17, 15) is 9.59 Å². The lowest BCUT2D eigenvalue weighted by atomic mass is 10.0. The van der Waals surface area contributed by atoms with Crippen molar-refractivity contribution in [2.24, 2.45) is 0 Å². The number of quaternary nitrogens is 1. The Bertz CT molecular complexity index is 681. The summed E-state index contributed by atoms with van der Waals surface area (Å²) in [6.07, 6.45) is 43.2. The zero-order valence-electron chi connectivity index (χ0n) is 33.3. The van der Waals surface area contributed by atoms with Gasteiger partial charge in [-0.2, -0.15) is 0 Å². The van der Waals surface area contributed by atoms with Crippen molar-refractivity contribution in [2.75, 3.05) is 40.3 Å². The third-order valence-corrected chi connectivity index (χ3v) is 10.1. The van der Waals surface area contributed by atoms with E-state index >= 15 is 0 Å². The molecule has 0 atom stereocenters. The van der Waals surface area contributed by atoms with E-state index in [0.29, 0.717) is 30.6 Å². The number of nitrogens with one attached hydrogen (secondary N) is 1. The van der Waals surface area contributed by atoms with Gasteiger partial charge in [-0.05, 0) is 12.8 Å². The smallest absolute Gasteiger partial charge is 0.361 e. The normalized spacial score (nSPS) is 11.7. The standard InChI is InChI=1S/C43H86N2O3/c1-5-7-9-11-13-15-17-19-21-23-25-27-29-31-33-35-40-48-43(47)41-45(3,4)39-36-38-44-42(46)37-34-32-30-28-26-24-22-20-18-16-14-12-10-8-6-2/h5-41H2,1-4H3/p+1. The highest BCUT2D eigenvalue weighted by atomic mass is 16.5. The molecule has 1 amide bonds. The Morgan fingerprint density at radius 3 is 1.17 bits per heavy atom. The zero-order valence-corrected chi connectivity index (χ0v) is 33.3. The van der Waals surface area contributed by atoms with Crippen molar-refractivity contribution < 1.29 is 18.8 Å². The first-order valence-corrected chi connectivity index (χ1v) is 21.7. The molecule has 0 rings (SSSR count). The van der Waals surface area contributed by atoms with Gasteiger partial charge in [-0.25, -0.2) is 4.79 Å². The minimum Gasteiger partial charge on any atom is -0.462 e. The second kappa shape index (κ2) is 37.2. The Kier molecular flexibility index (Phi) is 36.3. The van der Waals surface area contributed by atoms with Crippen LogP contribution in [0.15, 0.2) is 0 Å². The summed E-state index contributed by atoms with van der Waals surface area (Å²) in [5, 5.41) is 3.08. The third-order valence-electron chi connectivity index (χ3n) is 10.1. The largest absolute Gasteiger partial charge is 0.462 e. The maximum Gasteiger partial charge on any atom is 0.361 e. The van der Waals surface area contributed by atoms with Crippen molar-refractivity contribution in [1.29, 1.82) is 0 Å². The van der Waals surface area contributed by atoms with Crippen molar-refractivity contribution >= 4 is 11.9 Å². The summed E-state index contributed by atoms with van der Waals surface area (Å²) in [4.78, 5) is 24.6. The monoisotopic (exact) mass is 680 g/mol. The first-order valence-electron chi connectivity index (χ1n) is 21.7. The molecule has 0 bridgehead atoms. The van der Waals surface area contributed by atoms with Crippen LogP contribution in [0.4, 0.5) is 0 Å². The summed E-state index contributed by atoms with van der Waals surface area (Å²) >= 11 is 0. The van der Waals surface area contributed by atoms with Crippen LogP contribution in [0.2, 0.25) is 0 Å². The van der Waals surface area contributed by atoms with E-state index in [4.69, 9.17) is 4.74 Å². The fraction of sp³-hybridized carbons (Fsp3) is 0.953. The average Bonchev–Trinajstić information content (AvgIpc) is 3.06. The maximum atomic E-state index is 12.4. The van der Waals surface area contributed by atoms with Crippen molar-refractivity contribution in [1.82, 2.24) is 5.32 Å². The molecule has 1 N–H and O–H groups in total. The highest BCUT2D eigenvalue weighted by Gasteiger charge is 2.20. The number of amides is 1. The van der Waals surface area contributed by atoms with E-state index in [1.165, 1.54) is 173 Å². The topological polar surface area (TPSA) is 55.4 Å². The quantitative estimate of drug-likeness (QED) is 0.0400. The zero-order chi connectivity index (χ0) is 35.2. The van der Waals surface area contributed by atoms with Crippen LogP contribution >= 0.6 is 0 Å². The summed E-state index contributed by atoms with van der Waals surface area (Å²) in [5.41, 5.74) is 0. The minimum atomic E-state index is -0.0989. The number of ether oxygens (including phenoxy) is 1. The van der Waals surface area contributed by atoms with E-state index in [1.807, 2.05) is 0 Å². The molecule has 0 saturated heterocycles. The molecule has 5 heteroatoms. The summed E-state index contributed by atoms with van der Waals surface area (Å²) in [6.45, 7) is 7.05. The Balaban J connectivity index is 3.47. The predicted octanol–water partition coefficient (Wildman–Crippen LogP) is 12.6. The molecule has 286 valence electrons. The fourth-order valence-corrected chi connectivity index (χ4v) is 6.79. The van der Waals surface area contributed by atoms with Crippen molar-refractivity contribution in [2.45, 2.75) is 226 Å². The van der Waals surface area contributed by atoms with E-state index < -0.39 is 0 Å². The van der Waals surface area contributed by atoms with E-state index in [0.717, 1.165) is 38.6 Å². The lowest BCUT2D eigenvalue weighted by Gasteiger charge is -2.28. The van der Waals surface area contributed by atoms with Crippen LogP contribution in [0, 0.1) is 0 Å². The van der Waals surface area contributed by atoms with Gasteiger partial charge in [0.25, 0.3) is 0 Å². The number of hydrogen-bond acceptors (Lipinski definition) is 3. The van der Waals surface area contributed by atoms with Crippen molar-refractivity contribution in [3.05, 3.63) is 0 Å². The Morgan fingerprint density at radius 2 is 0.792 bits per heavy atom. The molecule has 0 saturated carbocycles. The number of rotatable bonds is 39. The number of esters is 1. The molecular weight excluding hydrogens is 592 g/mol. The maximum absolute atomic E-state index is 12.4. The van der Waals surface area contributed by atoms with Gasteiger partial charge in [0.15, 0.2) is 6.54 Å². The number of likely N-dealkylation sites (N-methyl/N-ethyl adjacent to an activating group) is 1. The molecule has 0 aromatic rings. The molecule has 0 aromatic heterocycles. The van der Waals surface area contributed by atoms with Crippen LogP contribution in [0.3, 0.4) is 0 Å². The van der Waals surface area contributed by atoms with Crippen LogP contribution < -0.4 is 5.32 Å². The highest BCUT2D eigenvalue weighted by molar-refractivity contribution is 5.75. The number of carbonyl (C=O) groups is 2. The van der Waals surface area contributed by atoms with Crippen LogP contribution in [0.25, 0.3) is 0 Å². The predicted molar refractivity (Wildman–Crippen MR) is 210 cm³/mol. The molecule has 48 heavy (non-hydrogen) atoms. The first kappa shape index (κ1) is 46.9. The van der Waals surface area contributed by atoms with Gasteiger partial charge in [0.1, 0.15) is 0 Å². The minimum absolute atomic E-state index is 0.0989. The molecular formula is C43H87N2O3+. The van der Waals surface area contributed by atoms with E-state index in [-0.39, 0.29) is 11.9 Å². The Morgan fingerprint density at radius 1 is 0.458 bits per heavy atom. The number of unbranched alkanes of at least 4 members (excludes halogenated alkanes) is 29. The second-order valence-electron chi connectivity index (χ2n) is 15.7. The van der Waals surface area contributed by atoms with Crippen molar-refractivity contribution in [3.8, 4) is 0 Å². The molecule has 0 aromatic carbocycles. The Labute approximate surface area is 301 Å². The molecule has 0 aliphatic rings. The van der Waals surface area contributed by atoms with Gasteiger partial charge in [-0.15, -0.1) is 0 Å². The molecule has 0 fully saturated rings. The molecule has 0 aliphatic heterocycles. The van der Waals surface area contributed by atoms with Gasteiger partial charge in [-0.1, -0.05) is 200 Å².